The molecular weight excluding hydrogens is 329 g/mol. The van der Waals surface area contributed by atoms with Crippen LogP contribution < -0.4 is 5.32 Å². The average molecular weight is 349 g/mol. The normalized spacial score (nSPS) is 19.9. The van der Waals surface area contributed by atoms with Gasteiger partial charge in [-0.25, -0.2) is 4.39 Å². The van der Waals surface area contributed by atoms with Gasteiger partial charge in [-0.1, -0.05) is 48.5 Å². The summed E-state index contributed by atoms with van der Waals surface area (Å²) in [6.07, 6.45) is 0.713. The largest absolute Gasteiger partial charge is 0.394 e. The molecule has 3 atom stereocenters. The summed E-state index contributed by atoms with van der Waals surface area (Å²) in [6, 6.07) is 19.9. The summed E-state index contributed by atoms with van der Waals surface area (Å²) in [5.41, 5.74) is 1.74. The van der Waals surface area contributed by atoms with E-state index in [4.69, 9.17) is 0 Å². The van der Waals surface area contributed by atoms with Crippen LogP contribution in [0.4, 0.5) is 4.39 Å². The van der Waals surface area contributed by atoms with Crippen molar-refractivity contribution in [1.82, 2.24) is 5.32 Å². The number of halogens is 1. The van der Waals surface area contributed by atoms with Crippen molar-refractivity contribution < 1.29 is 14.3 Å². The highest BCUT2D eigenvalue weighted by molar-refractivity contribution is 5.85. The highest BCUT2D eigenvalue weighted by Gasteiger charge is 2.44. The molecule has 132 valence electrons. The fourth-order valence-electron chi connectivity index (χ4n) is 3.53. The Morgan fingerprint density at radius 3 is 2.65 bits per heavy atom. The third kappa shape index (κ3) is 3.33. The summed E-state index contributed by atoms with van der Waals surface area (Å²) in [6.45, 7) is -0.165. The molecule has 0 aromatic heterocycles. The average Bonchev–Trinajstić information content (AvgIpc) is 3.46. The number of carbonyl (C=O) groups excluding carboxylic acids is 1. The third-order valence-electron chi connectivity index (χ3n) is 5.08. The molecule has 3 aromatic carbocycles. The molecule has 0 heterocycles. The van der Waals surface area contributed by atoms with Gasteiger partial charge in [-0.2, -0.15) is 0 Å². The second-order valence-electron chi connectivity index (χ2n) is 6.85. The van der Waals surface area contributed by atoms with Gasteiger partial charge in [0.05, 0.1) is 12.6 Å². The second kappa shape index (κ2) is 6.89. The predicted octanol–water partition coefficient (Wildman–Crippen LogP) is 3.93. The van der Waals surface area contributed by atoms with Gasteiger partial charge in [-0.3, -0.25) is 4.79 Å². The van der Waals surface area contributed by atoms with Crippen LogP contribution >= 0.6 is 0 Å². The molecule has 0 radical (unpaired) electrons. The fourth-order valence-corrected chi connectivity index (χ4v) is 3.53. The van der Waals surface area contributed by atoms with Crippen LogP contribution in [-0.2, 0) is 4.79 Å². The lowest BCUT2D eigenvalue weighted by atomic mass is 10.0. The number of aliphatic hydroxyl groups is 1. The van der Waals surface area contributed by atoms with Crippen LogP contribution in [0.15, 0.2) is 66.7 Å². The number of hydrogen-bond donors (Lipinski definition) is 2. The van der Waals surface area contributed by atoms with E-state index in [1.807, 2.05) is 48.5 Å². The Kier molecular flexibility index (Phi) is 4.43. The highest BCUT2D eigenvalue weighted by atomic mass is 19.1. The molecule has 2 N–H and O–H groups in total. The van der Waals surface area contributed by atoms with Gasteiger partial charge >= 0.3 is 0 Å². The van der Waals surface area contributed by atoms with Gasteiger partial charge in [-0.05, 0) is 52.4 Å². The van der Waals surface area contributed by atoms with Crippen molar-refractivity contribution in [2.75, 3.05) is 6.61 Å². The monoisotopic (exact) mass is 349 g/mol. The van der Waals surface area contributed by atoms with Gasteiger partial charge in [0, 0.05) is 5.92 Å². The van der Waals surface area contributed by atoms with E-state index < -0.39 is 6.04 Å². The molecule has 0 bridgehead atoms. The van der Waals surface area contributed by atoms with E-state index in [9.17, 15) is 14.3 Å². The van der Waals surface area contributed by atoms with Crippen molar-refractivity contribution in [2.24, 2.45) is 5.92 Å². The molecule has 1 saturated carbocycles. The Labute approximate surface area is 151 Å². The van der Waals surface area contributed by atoms with Crippen molar-refractivity contribution in [3.05, 3.63) is 83.7 Å². The maximum Gasteiger partial charge on any atom is 0.224 e. The molecule has 3 nitrogen and oxygen atoms in total. The molecule has 26 heavy (non-hydrogen) atoms. The number of aliphatic hydroxyl groups excluding tert-OH is 1. The minimum atomic E-state index is -0.444. The molecule has 1 amide bonds. The summed E-state index contributed by atoms with van der Waals surface area (Å²) in [4.78, 5) is 12.6. The van der Waals surface area contributed by atoms with Gasteiger partial charge in [0.2, 0.25) is 5.91 Å². The first-order valence-corrected chi connectivity index (χ1v) is 8.81. The molecule has 0 aliphatic heterocycles. The maximum atomic E-state index is 13.4. The number of amides is 1. The smallest absolute Gasteiger partial charge is 0.224 e. The highest BCUT2D eigenvalue weighted by Crippen LogP contribution is 2.47. The van der Waals surface area contributed by atoms with Crippen molar-refractivity contribution in [2.45, 2.75) is 18.4 Å². The van der Waals surface area contributed by atoms with Crippen molar-refractivity contribution in [3.8, 4) is 0 Å². The fraction of sp³-hybridized carbons (Fsp3) is 0.227. The molecule has 0 saturated heterocycles. The summed E-state index contributed by atoms with van der Waals surface area (Å²) in [5, 5.41) is 14.9. The zero-order chi connectivity index (χ0) is 18.1. The van der Waals surface area contributed by atoms with Gasteiger partial charge in [-0.15, -0.1) is 0 Å². The SMILES string of the molecule is O=C(N[C@@H](CO)c1ccc2ccccc2c1)C1CC1c1cccc(F)c1. The molecule has 1 fully saturated rings. The standard InChI is InChI=1S/C22H20FNO2/c23-18-7-3-6-16(11-18)19-12-20(19)22(26)24-21(13-25)17-9-8-14-4-1-2-5-15(14)10-17/h1-11,19-21,25H,12-13H2,(H,24,26)/t19?,20?,21-/m0/s1. The Morgan fingerprint density at radius 1 is 1.08 bits per heavy atom. The second-order valence-corrected chi connectivity index (χ2v) is 6.85. The first-order valence-electron chi connectivity index (χ1n) is 8.81. The molecule has 1 aliphatic rings. The maximum absolute atomic E-state index is 13.4. The first-order chi connectivity index (χ1) is 12.7. The summed E-state index contributed by atoms with van der Waals surface area (Å²) < 4.78 is 13.4. The van der Waals surface area contributed by atoms with Crippen LogP contribution in [0.5, 0.6) is 0 Å². The van der Waals surface area contributed by atoms with Crippen LogP contribution in [0.3, 0.4) is 0 Å². The molecule has 3 aromatic rings. The van der Waals surface area contributed by atoms with Crippen molar-refractivity contribution in [3.63, 3.8) is 0 Å². The number of fused-ring (bicyclic) bond motifs is 1. The minimum absolute atomic E-state index is 0.0571. The summed E-state index contributed by atoms with van der Waals surface area (Å²) >= 11 is 0. The number of hydrogen-bond acceptors (Lipinski definition) is 2. The molecule has 4 heteroatoms. The van der Waals surface area contributed by atoms with E-state index in [2.05, 4.69) is 5.32 Å². The van der Waals surface area contributed by atoms with E-state index in [0.29, 0.717) is 6.42 Å². The van der Waals surface area contributed by atoms with Crippen molar-refractivity contribution >= 4 is 16.7 Å². The Morgan fingerprint density at radius 2 is 1.88 bits per heavy atom. The Hall–Kier alpha value is -2.72. The number of benzene rings is 3. The van der Waals surface area contributed by atoms with E-state index in [1.54, 1.807) is 6.07 Å². The summed E-state index contributed by atoms with van der Waals surface area (Å²) in [5.74, 6) is -0.475. The molecular formula is C22H20FNO2. The molecule has 1 aliphatic carbocycles. The van der Waals surface area contributed by atoms with Crippen LogP contribution in [0.25, 0.3) is 10.8 Å². The van der Waals surface area contributed by atoms with E-state index >= 15 is 0 Å². The van der Waals surface area contributed by atoms with E-state index in [-0.39, 0.29) is 30.2 Å². The lowest BCUT2D eigenvalue weighted by molar-refractivity contribution is -0.123. The topological polar surface area (TPSA) is 49.3 Å². The molecule has 0 spiro atoms. The van der Waals surface area contributed by atoms with Crippen LogP contribution in [-0.4, -0.2) is 17.6 Å². The van der Waals surface area contributed by atoms with Gasteiger partial charge in [0.1, 0.15) is 5.82 Å². The van der Waals surface area contributed by atoms with Crippen LogP contribution in [0.1, 0.15) is 29.5 Å². The van der Waals surface area contributed by atoms with Crippen LogP contribution in [0.2, 0.25) is 0 Å². The van der Waals surface area contributed by atoms with Crippen LogP contribution in [0, 0.1) is 11.7 Å². The lowest BCUT2D eigenvalue weighted by Gasteiger charge is -2.17. The number of nitrogens with one attached hydrogen (secondary N) is 1. The number of carbonyl (C=O) groups is 1. The number of rotatable bonds is 5. The van der Waals surface area contributed by atoms with E-state index in [0.717, 1.165) is 21.9 Å². The van der Waals surface area contributed by atoms with Crippen molar-refractivity contribution in [1.29, 1.82) is 0 Å². The van der Waals surface area contributed by atoms with E-state index in [1.165, 1.54) is 12.1 Å². The minimum Gasteiger partial charge on any atom is -0.394 e. The quantitative estimate of drug-likeness (QED) is 0.733. The zero-order valence-corrected chi connectivity index (χ0v) is 14.2. The van der Waals surface area contributed by atoms with Gasteiger partial charge in [0.15, 0.2) is 0 Å². The first kappa shape index (κ1) is 16.7. The third-order valence-corrected chi connectivity index (χ3v) is 5.08. The lowest BCUT2D eigenvalue weighted by Crippen LogP contribution is -2.32. The Bertz CT molecular complexity index is 956. The van der Waals surface area contributed by atoms with Gasteiger partial charge < -0.3 is 10.4 Å². The predicted molar refractivity (Wildman–Crippen MR) is 99.2 cm³/mol. The summed E-state index contributed by atoms with van der Waals surface area (Å²) in [7, 11) is 0. The zero-order valence-electron chi connectivity index (χ0n) is 14.2. The Balaban J connectivity index is 1.47. The molecule has 4 rings (SSSR count). The van der Waals surface area contributed by atoms with Gasteiger partial charge in [0.25, 0.3) is 0 Å². The molecule has 2 unspecified atom stereocenters.